The molecule has 1 aliphatic heterocycles. The first kappa shape index (κ1) is 15.5. The molecule has 1 amide bonds. The van der Waals surface area contributed by atoms with Crippen LogP contribution in [0.15, 0.2) is 18.2 Å². The Morgan fingerprint density at radius 2 is 2.19 bits per heavy atom. The molecule has 0 saturated carbocycles. The number of aliphatic carboxylic acids is 1. The molecule has 2 atom stereocenters. The maximum atomic E-state index is 12.4. The topological polar surface area (TPSA) is 75.6 Å². The summed E-state index contributed by atoms with van der Waals surface area (Å²) >= 11 is 0. The van der Waals surface area contributed by atoms with Gasteiger partial charge >= 0.3 is 5.97 Å². The molecule has 1 heterocycles. The molecule has 5 nitrogen and oxygen atoms in total. The molecular weight excluding hydrogens is 270 g/mol. The van der Waals surface area contributed by atoms with E-state index in [0.29, 0.717) is 6.61 Å². The van der Waals surface area contributed by atoms with Crippen molar-refractivity contribution >= 4 is 17.6 Å². The zero-order valence-corrected chi connectivity index (χ0v) is 12.4. The third kappa shape index (κ3) is 4.04. The molecule has 5 heteroatoms. The van der Waals surface area contributed by atoms with Crippen LogP contribution in [-0.4, -0.2) is 29.7 Å². The Hall–Kier alpha value is -1.88. The highest BCUT2D eigenvalue weighted by molar-refractivity contribution is 5.95. The number of nitrogens with one attached hydrogen (secondary N) is 1. The Morgan fingerprint density at radius 3 is 2.76 bits per heavy atom. The highest BCUT2D eigenvalue weighted by Crippen LogP contribution is 2.25. The Balaban J connectivity index is 2.11. The molecule has 1 aliphatic rings. The first-order valence-corrected chi connectivity index (χ1v) is 7.19. The van der Waals surface area contributed by atoms with E-state index in [-0.39, 0.29) is 18.4 Å². The molecule has 21 heavy (non-hydrogen) atoms. The van der Waals surface area contributed by atoms with Gasteiger partial charge in [-0.15, -0.1) is 0 Å². The minimum absolute atomic E-state index is 0.207. The van der Waals surface area contributed by atoms with Gasteiger partial charge in [0.15, 0.2) is 0 Å². The summed E-state index contributed by atoms with van der Waals surface area (Å²) in [6.45, 7) is 4.50. The SMILES string of the molecule is Cc1ccc(NC(=O)[C@@H](CC(=O)O)[C@@H]2CCCO2)c(C)c1. The van der Waals surface area contributed by atoms with Crippen molar-refractivity contribution in [3.63, 3.8) is 0 Å². The van der Waals surface area contributed by atoms with Crippen LogP contribution in [0.2, 0.25) is 0 Å². The number of carbonyl (C=O) groups excluding carboxylic acids is 1. The van der Waals surface area contributed by atoms with Crippen molar-refractivity contribution in [1.82, 2.24) is 0 Å². The average molecular weight is 291 g/mol. The van der Waals surface area contributed by atoms with E-state index >= 15 is 0 Å². The average Bonchev–Trinajstić information content (AvgIpc) is 2.92. The standard InChI is InChI=1S/C16H21NO4/c1-10-5-6-13(11(2)8-10)17-16(20)12(9-15(18)19)14-4-3-7-21-14/h5-6,8,12,14H,3-4,7,9H2,1-2H3,(H,17,20)(H,18,19)/t12-,14-/m0/s1. The third-order valence-electron chi connectivity index (χ3n) is 3.78. The maximum Gasteiger partial charge on any atom is 0.304 e. The lowest BCUT2D eigenvalue weighted by Crippen LogP contribution is -2.34. The normalized spacial score (nSPS) is 19.2. The van der Waals surface area contributed by atoms with Crippen molar-refractivity contribution in [2.75, 3.05) is 11.9 Å². The number of amides is 1. The van der Waals surface area contributed by atoms with Gasteiger partial charge in [-0.3, -0.25) is 9.59 Å². The summed E-state index contributed by atoms with van der Waals surface area (Å²) in [4.78, 5) is 23.4. The predicted octanol–water partition coefficient (Wildman–Crippen LogP) is 2.51. The van der Waals surface area contributed by atoms with E-state index in [1.165, 1.54) is 0 Å². The number of hydrogen-bond acceptors (Lipinski definition) is 3. The van der Waals surface area contributed by atoms with Gasteiger partial charge in [-0.25, -0.2) is 0 Å². The maximum absolute atomic E-state index is 12.4. The van der Waals surface area contributed by atoms with Gasteiger partial charge in [0.05, 0.1) is 18.4 Å². The van der Waals surface area contributed by atoms with Crippen LogP contribution in [-0.2, 0) is 14.3 Å². The molecule has 1 saturated heterocycles. The summed E-state index contributed by atoms with van der Waals surface area (Å²) in [5.41, 5.74) is 2.80. The quantitative estimate of drug-likeness (QED) is 0.874. The molecule has 1 aromatic rings. The number of carboxylic acid groups (broad SMARTS) is 1. The van der Waals surface area contributed by atoms with E-state index in [2.05, 4.69) is 5.32 Å². The van der Waals surface area contributed by atoms with Gasteiger partial charge in [0, 0.05) is 12.3 Å². The minimum atomic E-state index is -0.980. The van der Waals surface area contributed by atoms with Gasteiger partial charge < -0.3 is 15.2 Å². The van der Waals surface area contributed by atoms with Crippen LogP contribution >= 0.6 is 0 Å². The second-order valence-electron chi connectivity index (χ2n) is 5.56. The van der Waals surface area contributed by atoms with Crippen molar-refractivity contribution in [2.45, 2.75) is 39.2 Å². The van der Waals surface area contributed by atoms with Crippen molar-refractivity contribution in [2.24, 2.45) is 5.92 Å². The molecular formula is C16H21NO4. The van der Waals surface area contributed by atoms with Gasteiger partial charge in [-0.2, -0.15) is 0 Å². The number of anilines is 1. The molecule has 2 rings (SSSR count). The number of benzene rings is 1. The Kier molecular flexibility index (Phi) is 4.96. The monoisotopic (exact) mass is 291 g/mol. The second-order valence-corrected chi connectivity index (χ2v) is 5.56. The van der Waals surface area contributed by atoms with Crippen molar-refractivity contribution < 1.29 is 19.4 Å². The van der Waals surface area contributed by atoms with Gasteiger partial charge in [0.1, 0.15) is 0 Å². The summed E-state index contributed by atoms with van der Waals surface area (Å²) in [7, 11) is 0. The summed E-state index contributed by atoms with van der Waals surface area (Å²) in [5.74, 6) is -1.91. The van der Waals surface area contributed by atoms with Crippen LogP contribution in [0.1, 0.15) is 30.4 Å². The summed E-state index contributed by atoms with van der Waals surface area (Å²) < 4.78 is 5.50. The number of rotatable bonds is 5. The highest BCUT2D eigenvalue weighted by atomic mass is 16.5. The first-order chi connectivity index (χ1) is 9.97. The molecule has 0 aromatic heterocycles. The molecule has 1 fully saturated rings. The number of hydrogen-bond donors (Lipinski definition) is 2. The van der Waals surface area contributed by atoms with Crippen LogP contribution in [0.5, 0.6) is 0 Å². The highest BCUT2D eigenvalue weighted by Gasteiger charge is 2.33. The van der Waals surface area contributed by atoms with E-state index in [9.17, 15) is 9.59 Å². The molecule has 0 unspecified atom stereocenters. The minimum Gasteiger partial charge on any atom is -0.481 e. The first-order valence-electron chi connectivity index (χ1n) is 7.19. The van der Waals surface area contributed by atoms with Gasteiger partial charge in [-0.05, 0) is 38.3 Å². The zero-order valence-electron chi connectivity index (χ0n) is 12.4. The van der Waals surface area contributed by atoms with Gasteiger partial charge in [0.2, 0.25) is 5.91 Å². The molecule has 114 valence electrons. The number of aryl methyl sites for hydroxylation is 2. The smallest absolute Gasteiger partial charge is 0.304 e. The fraction of sp³-hybridized carbons (Fsp3) is 0.500. The van der Waals surface area contributed by atoms with E-state index in [4.69, 9.17) is 9.84 Å². The third-order valence-corrected chi connectivity index (χ3v) is 3.78. The molecule has 0 bridgehead atoms. The van der Waals surface area contributed by atoms with E-state index in [1.807, 2.05) is 32.0 Å². The molecule has 1 aromatic carbocycles. The van der Waals surface area contributed by atoms with Crippen molar-refractivity contribution in [1.29, 1.82) is 0 Å². The van der Waals surface area contributed by atoms with E-state index in [0.717, 1.165) is 29.7 Å². The Labute approximate surface area is 124 Å². The summed E-state index contributed by atoms with van der Waals surface area (Å²) in [6.07, 6.45) is 1.10. The molecule has 2 N–H and O–H groups in total. The summed E-state index contributed by atoms with van der Waals surface area (Å²) in [6, 6.07) is 5.74. The zero-order chi connectivity index (χ0) is 15.4. The largest absolute Gasteiger partial charge is 0.481 e. The fourth-order valence-corrected chi connectivity index (χ4v) is 2.68. The van der Waals surface area contributed by atoms with E-state index < -0.39 is 11.9 Å². The van der Waals surface area contributed by atoms with Gasteiger partial charge in [-0.1, -0.05) is 17.7 Å². The lowest BCUT2D eigenvalue weighted by Gasteiger charge is -2.21. The second kappa shape index (κ2) is 6.72. The Bertz CT molecular complexity index is 535. The number of carboxylic acids is 1. The lowest BCUT2D eigenvalue weighted by atomic mass is 9.95. The van der Waals surface area contributed by atoms with Gasteiger partial charge in [0.25, 0.3) is 0 Å². The number of ether oxygens (including phenoxy) is 1. The number of carbonyl (C=O) groups is 2. The molecule has 0 spiro atoms. The van der Waals surface area contributed by atoms with Crippen LogP contribution in [0.3, 0.4) is 0 Å². The fourth-order valence-electron chi connectivity index (χ4n) is 2.68. The van der Waals surface area contributed by atoms with Crippen molar-refractivity contribution in [3.8, 4) is 0 Å². The summed E-state index contributed by atoms with van der Waals surface area (Å²) in [5, 5.41) is 11.9. The van der Waals surface area contributed by atoms with Crippen molar-refractivity contribution in [3.05, 3.63) is 29.3 Å². The van der Waals surface area contributed by atoms with Crippen LogP contribution in [0.25, 0.3) is 0 Å². The lowest BCUT2D eigenvalue weighted by molar-refractivity contribution is -0.142. The Morgan fingerprint density at radius 1 is 1.43 bits per heavy atom. The van der Waals surface area contributed by atoms with E-state index in [1.54, 1.807) is 0 Å². The molecule has 0 aliphatic carbocycles. The molecule has 0 radical (unpaired) electrons. The van der Waals surface area contributed by atoms with Crippen LogP contribution in [0.4, 0.5) is 5.69 Å². The predicted molar refractivity (Wildman–Crippen MR) is 79.3 cm³/mol. The van der Waals surface area contributed by atoms with Crippen LogP contribution in [0, 0.1) is 19.8 Å². The van der Waals surface area contributed by atoms with Crippen LogP contribution < -0.4 is 5.32 Å².